The number of benzene rings is 1. The van der Waals surface area contributed by atoms with Gasteiger partial charge in [-0.3, -0.25) is 0 Å². The molecule has 1 unspecified atom stereocenters. The molecule has 102 valence electrons. The van der Waals surface area contributed by atoms with Gasteiger partial charge < -0.3 is 10.6 Å². The van der Waals surface area contributed by atoms with E-state index in [1.54, 1.807) is 17.4 Å². The lowest BCUT2D eigenvalue weighted by Crippen LogP contribution is -2.20. The Morgan fingerprint density at radius 3 is 2.79 bits per heavy atom. The van der Waals surface area contributed by atoms with E-state index in [9.17, 15) is 4.39 Å². The average molecular weight is 279 g/mol. The number of anilines is 1. The van der Waals surface area contributed by atoms with Crippen molar-refractivity contribution in [3.63, 3.8) is 0 Å². The number of aromatic nitrogens is 1. The Hall–Kier alpha value is -1.46. The van der Waals surface area contributed by atoms with Crippen LogP contribution < -0.4 is 10.6 Å². The number of hydrogen-bond acceptors (Lipinski definition) is 4. The SMILES string of the molecule is Cc1ncsc1CN(C)c1ccc(F)cc1C(C)N. The molecular formula is C14H18FN3S. The van der Waals surface area contributed by atoms with Crippen molar-refractivity contribution in [2.45, 2.75) is 26.4 Å². The lowest BCUT2D eigenvalue weighted by Gasteiger charge is -2.23. The second-order valence-corrected chi connectivity index (χ2v) is 5.65. The Morgan fingerprint density at radius 1 is 1.47 bits per heavy atom. The van der Waals surface area contributed by atoms with Crippen molar-refractivity contribution in [2.24, 2.45) is 5.73 Å². The molecule has 0 saturated heterocycles. The molecule has 0 aliphatic heterocycles. The van der Waals surface area contributed by atoms with Gasteiger partial charge in [0.1, 0.15) is 5.82 Å². The maximum atomic E-state index is 13.3. The fourth-order valence-corrected chi connectivity index (χ4v) is 2.85. The first kappa shape index (κ1) is 14.0. The van der Waals surface area contributed by atoms with Crippen molar-refractivity contribution in [1.82, 2.24) is 4.98 Å². The van der Waals surface area contributed by atoms with Crippen molar-refractivity contribution in [1.29, 1.82) is 0 Å². The summed E-state index contributed by atoms with van der Waals surface area (Å²) in [4.78, 5) is 7.53. The molecule has 0 bridgehead atoms. The second kappa shape index (κ2) is 5.67. The zero-order chi connectivity index (χ0) is 14.0. The molecule has 0 aliphatic carbocycles. The van der Waals surface area contributed by atoms with Crippen LogP contribution in [-0.4, -0.2) is 12.0 Å². The summed E-state index contributed by atoms with van der Waals surface area (Å²) in [7, 11) is 1.98. The molecule has 3 nitrogen and oxygen atoms in total. The quantitative estimate of drug-likeness (QED) is 0.934. The van der Waals surface area contributed by atoms with Gasteiger partial charge in [-0.15, -0.1) is 11.3 Å². The molecule has 0 saturated carbocycles. The van der Waals surface area contributed by atoms with E-state index in [-0.39, 0.29) is 11.9 Å². The monoisotopic (exact) mass is 279 g/mol. The Balaban J connectivity index is 2.28. The summed E-state index contributed by atoms with van der Waals surface area (Å²) in [5.74, 6) is -0.251. The standard InChI is InChI=1S/C14H18FN3S/c1-9(16)12-6-11(15)4-5-13(12)18(3)7-14-10(2)17-8-19-14/h4-6,8-9H,7,16H2,1-3H3. The normalized spacial score (nSPS) is 12.5. The first-order valence-corrected chi connectivity index (χ1v) is 7.02. The van der Waals surface area contributed by atoms with Crippen molar-refractivity contribution in [3.05, 3.63) is 45.7 Å². The lowest BCUT2D eigenvalue weighted by atomic mass is 10.1. The van der Waals surface area contributed by atoms with E-state index in [0.29, 0.717) is 0 Å². The highest BCUT2D eigenvalue weighted by molar-refractivity contribution is 7.09. The predicted molar refractivity (Wildman–Crippen MR) is 78.0 cm³/mol. The zero-order valence-electron chi connectivity index (χ0n) is 11.4. The van der Waals surface area contributed by atoms with Gasteiger partial charge in [0.05, 0.1) is 17.7 Å². The van der Waals surface area contributed by atoms with Gasteiger partial charge in [-0.2, -0.15) is 0 Å². The molecule has 19 heavy (non-hydrogen) atoms. The lowest BCUT2D eigenvalue weighted by molar-refractivity contribution is 0.622. The molecule has 5 heteroatoms. The van der Waals surface area contributed by atoms with Crippen molar-refractivity contribution >= 4 is 17.0 Å². The molecule has 0 amide bonds. The summed E-state index contributed by atoms with van der Waals surface area (Å²) in [6, 6.07) is 4.56. The van der Waals surface area contributed by atoms with Gasteiger partial charge in [-0.05, 0) is 37.6 Å². The average Bonchev–Trinajstić information content (AvgIpc) is 2.74. The molecule has 2 aromatic rings. The number of halogens is 1. The smallest absolute Gasteiger partial charge is 0.123 e. The topological polar surface area (TPSA) is 42.2 Å². The first-order valence-electron chi connectivity index (χ1n) is 6.14. The van der Waals surface area contributed by atoms with Crippen molar-refractivity contribution < 1.29 is 4.39 Å². The van der Waals surface area contributed by atoms with E-state index in [2.05, 4.69) is 9.88 Å². The van der Waals surface area contributed by atoms with Gasteiger partial charge in [-0.25, -0.2) is 9.37 Å². The molecule has 0 fully saturated rings. The van der Waals surface area contributed by atoms with Crippen LogP contribution in [0, 0.1) is 12.7 Å². The minimum Gasteiger partial charge on any atom is -0.369 e. The van der Waals surface area contributed by atoms with Crippen molar-refractivity contribution in [3.8, 4) is 0 Å². The number of thiazole rings is 1. The number of aryl methyl sites for hydroxylation is 1. The number of hydrogen-bond donors (Lipinski definition) is 1. The van der Waals surface area contributed by atoms with Crippen LogP contribution in [0.15, 0.2) is 23.7 Å². The van der Waals surface area contributed by atoms with Crippen LogP contribution in [0.4, 0.5) is 10.1 Å². The molecular weight excluding hydrogens is 261 g/mol. The van der Waals surface area contributed by atoms with Gasteiger partial charge in [0.15, 0.2) is 0 Å². The molecule has 2 rings (SSSR count). The summed E-state index contributed by atoms with van der Waals surface area (Å²) in [6.45, 7) is 4.61. The summed E-state index contributed by atoms with van der Waals surface area (Å²) in [5.41, 5.74) is 10.6. The largest absolute Gasteiger partial charge is 0.369 e. The Morgan fingerprint density at radius 2 is 2.21 bits per heavy atom. The van der Waals surface area contributed by atoms with E-state index in [1.807, 2.05) is 26.4 Å². The van der Waals surface area contributed by atoms with E-state index in [4.69, 9.17) is 5.73 Å². The Labute approximate surface area is 116 Å². The van der Waals surface area contributed by atoms with Crippen LogP contribution in [0.25, 0.3) is 0 Å². The summed E-state index contributed by atoms with van der Waals surface area (Å²) >= 11 is 1.63. The fraction of sp³-hybridized carbons (Fsp3) is 0.357. The summed E-state index contributed by atoms with van der Waals surface area (Å²) in [5, 5.41) is 0. The summed E-state index contributed by atoms with van der Waals surface area (Å²) in [6.07, 6.45) is 0. The third-order valence-corrected chi connectivity index (χ3v) is 4.04. The van der Waals surface area contributed by atoms with Gasteiger partial charge in [-0.1, -0.05) is 0 Å². The highest BCUT2D eigenvalue weighted by Gasteiger charge is 2.13. The zero-order valence-corrected chi connectivity index (χ0v) is 12.2. The van der Waals surface area contributed by atoms with Crippen LogP contribution >= 0.6 is 11.3 Å². The highest BCUT2D eigenvalue weighted by atomic mass is 32.1. The van der Waals surface area contributed by atoms with Gasteiger partial charge in [0, 0.05) is 23.7 Å². The number of nitrogens with two attached hydrogens (primary N) is 1. The van der Waals surface area contributed by atoms with Crippen LogP contribution in [-0.2, 0) is 6.54 Å². The molecule has 2 N–H and O–H groups in total. The van der Waals surface area contributed by atoms with Crippen LogP contribution in [0.2, 0.25) is 0 Å². The summed E-state index contributed by atoms with van der Waals surface area (Å²) < 4.78 is 13.3. The van der Waals surface area contributed by atoms with Gasteiger partial charge in [0.25, 0.3) is 0 Å². The number of rotatable bonds is 4. The second-order valence-electron chi connectivity index (χ2n) is 4.71. The van der Waals surface area contributed by atoms with Crippen LogP contribution in [0.1, 0.15) is 29.1 Å². The highest BCUT2D eigenvalue weighted by Crippen LogP contribution is 2.27. The van der Waals surface area contributed by atoms with Crippen molar-refractivity contribution in [2.75, 3.05) is 11.9 Å². The first-order chi connectivity index (χ1) is 8.99. The molecule has 0 spiro atoms. The third kappa shape index (κ3) is 3.11. The van der Waals surface area contributed by atoms with Crippen LogP contribution in [0.3, 0.4) is 0 Å². The molecule has 1 aromatic heterocycles. The van der Waals surface area contributed by atoms with E-state index in [1.165, 1.54) is 17.0 Å². The molecule has 1 atom stereocenters. The fourth-order valence-electron chi connectivity index (χ4n) is 2.02. The van der Waals surface area contributed by atoms with E-state index in [0.717, 1.165) is 23.5 Å². The van der Waals surface area contributed by atoms with Gasteiger partial charge in [0.2, 0.25) is 0 Å². The molecule has 0 radical (unpaired) electrons. The molecule has 1 aromatic carbocycles. The molecule has 0 aliphatic rings. The minimum atomic E-state index is -0.251. The van der Waals surface area contributed by atoms with Crippen LogP contribution in [0.5, 0.6) is 0 Å². The molecule has 1 heterocycles. The van der Waals surface area contributed by atoms with E-state index >= 15 is 0 Å². The predicted octanol–water partition coefficient (Wildman–Crippen LogP) is 3.25. The Bertz CT molecular complexity index is 566. The maximum Gasteiger partial charge on any atom is 0.123 e. The minimum absolute atomic E-state index is 0.198. The number of nitrogens with zero attached hydrogens (tertiary/aromatic N) is 2. The Kier molecular flexibility index (Phi) is 4.17. The van der Waals surface area contributed by atoms with Gasteiger partial charge >= 0.3 is 0 Å². The van der Waals surface area contributed by atoms with E-state index < -0.39 is 0 Å². The maximum absolute atomic E-state index is 13.3. The third-order valence-electron chi connectivity index (χ3n) is 3.12.